The molecule has 1 aromatic heterocycles. The molecule has 0 spiro atoms. The molecule has 0 aromatic carbocycles. The molecular weight excluding hydrogens is 204 g/mol. The monoisotopic (exact) mass is 222 g/mol. The molecule has 2 fully saturated rings. The van der Waals surface area contributed by atoms with E-state index in [0.29, 0.717) is 5.92 Å². The smallest absolute Gasteiger partial charge is 0.0577 e. The van der Waals surface area contributed by atoms with Gasteiger partial charge >= 0.3 is 0 Å². The molecule has 2 aliphatic carbocycles. The Morgan fingerprint density at radius 1 is 1.40 bits per heavy atom. The van der Waals surface area contributed by atoms with E-state index in [4.69, 9.17) is 0 Å². The van der Waals surface area contributed by atoms with Crippen molar-refractivity contribution in [1.29, 1.82) is 0 Å². The van der Waals surface area contributed by atoms with Crippen LogP contribution in [0.2, 0.25) is 0 Å². The second-order valence-corrected chi connectivity index (χ2v) is 6.05. The molecule has 0 radical (unpaired) electrons. The van der Waals surface area contributed by atoms with Crippen molar-refractivity contribution in [1.82, 2.24) is 0 Å². The first-order valence-corrected chi connectivity index (χ1v) is 6.94. The summed E-state index contributed by atoms with van der Waals surface area (Å²) >= 11 is 1.81. The van der Waals surface area contributed by atoms with E-state index in [2.05, 4.69) is 17.5 Å². The summed E-state index contributed by atoms with van der Waals surface area (Å²) in [6.45, 7) is 0. The second kappa shape index (κ2) is 3.91. The van der Waals surface area contributed by atoms with Gasteiger partial charge in [0.1, 0.15) is 0 Å². The molecule has 3 rings (SSSR count). The topological polar surface area (TPSA) is 20.2 Å². The number of aryl methyl sites for hydroxylation is 1. The molecule has 0 aliphatic heterocycles. The second-order valence-electron chi connectivity index (χ2n) is 5.02. The SMILES string of the molecule is OC(CCc1cccs1)C1C2CCCC21. The van der Waals surface area contributed by atoms with Gasteiger partial charge in [0.05, 0.1) is 6.10 Å². The zero-order valence-electron chi connectivity index (χ0n) is 8.93. The average Bonchev–Trinajstić information content (AvgIpc) is 2.72. The van der Waals surface area contributed by atoms with Crippen LogP contribution in [0, 0.1) is 17.8 Å². The van der Waals surface area contributed by atoms with Crippen LogP contribution in [-0.2, 0) is 6.42 Å². The van der Waals surface area contributed by atoms with Crippen LogP contribution in [-0.4, -0.2) is 11.2 Å². The number of aliphatic hydroxyl groups is 1. The van der Waals surface area contributed by atoms with E-state index in [-0.39, 0.29) is 6.10 Å². The number of rotatable bonds is 4. The first-order valence-electron chi connectivity index (χ1n) is 6.06. The molecule has 2 aliphatic rings. The lowest BCUT2D eigenvalue weighted by Gasteiger charge is -2.11. The predicted octanol–water partition coefficient (Wildman–Crippen LogP) is 3.09. The van der Waals surface area contributed by atoms with Gasteiger partial charge in [0, 0.05) is 4.88 Å². The zero-order valence-corrected chi connectivity index (χ0v) is 9.75. The van der Waals surface area contributed by atoms with Crippen molar-refractivity contribution >= 4 is 11.3 Å². The third kappa shape index (κ3) is 1.85. The molecule has 1 N–H and O–H groups in total. The third-order valence-corrected chi connectivity index (χ3v) is 5.12. The Kier molecular flexibility index (Phi) is 2.57. The molecule has 1 heterocycles. The summed E-state index contributed by atoms with van der Waals surface area (Å²) in [5.41, 5.74) is 0. The summed E-state index contributed by atoms with van der Waals surface area (Å²) < 4.78 is 0. The molecule has 0 amide bonds. The molecule has 15 heavy (non-hydrogen) atoms. The minimum atomic E-state index is -0.0256. The lowest BCUT2D eigenvalue weighted by atomic mass is 10.0. The minimum absolute atomic E-state index is 0.0256. The van der Waals surface area contributed by atoms with Crippen molar-refractivity contribution in [2.75, 3.05) is 0 Å². The van der Waals surface area contributed by atoms with Gasteiger partial charge in [-0.2, -0.15) is 0 Å². The molecule has 0 saturated heterocycles. The number of fused-ring (bicyclic) bond motifs is 1. The van der Waals surface area contributed by atoms with Crippen LogP contribution in [0.5, 0.6) is 0 Å². The van der Waals surface area contributed by atoms with Crippen molar-refractivity contribution in [3.8, 4) is 0 Å². The zero-order chi connectivity index (χ0) is 10.3. The predicted molar refractivity (Wildman–Crippen MR) is 63.0 cm³/mol. The Balaban J connectivity index is 1.48. The molecule has 2 saturated carbocycles. The van der Waals surface area contributed by atoms with Gasteiger partial charge in [0.2, 0.25) is 0 Å². The maximum atomic E-state index is 10.1. The van der Waals surface area contributed by atoms with E-state index in [1.54, 1.807) is 0 Å². The van der Waals surface area contributed by atoms with Crippen molar-refractivity contribution in [2.45, 2.75) is 38.2 Å². The van der Waals surface area contributed by atoms with Gasteiger partial charge in [0.15, 0.2) is 0 Å². The van der Waals surface area contributed by atoms with Crippen molar-refractivity contribution < 1.29 is 5.11 Å². The van der Waals surface area contributed by atoms with E-state index in [0.717, 1.165) is 24.7 Å². The Labute approximate surface area is 95.1 Å². The molecule has 3 atom stereocenters. The summed E-state index contributed by atoms with van der Waals surface area (Å²) in [6.07, 6.45) is 6.18. The highest BCUT2D eigenvalue weighted by Gasteiger charge is 2.55. The molecule has 82 valence electrons. The third-order valence-electron chi connectivity index (χ3n) is 4.18. The molecule has 2 heteroatoms. The van der Waals surface area contributed by atoms with Crippen LogP contribution in [0.1, 0.15) is 30.6 Å². The van der Waals surface area contributed by atoms with Crippen LogP contribution in [0.3, 0.4) is 0 Å². The Morgan fingerprint density at radius 3 is 2.87 bits per heavy atom. The Bertz CT molecular complexity index is 309. The Hall–Kier alpha value is -0.340. The van der Waals surface area contributed by atoms with Gasteiger partial charge < -0.3 is 5.11 Å². The van der Waals surface area contributed by atoms with Gasteiger partial charge in [-0.25, -0.2) is 0 Å². The summed E-state index contributed by atoms with van der Waals surface area (Å²) in [5.74, 6) is 2.45. The fourth-order valence-electron chi connectivity index (χ4n) is 3.39. The Morgan fingerprint density at radius 2 is 2.20 bits per heavy atom. The standard InChI is InChI=1S/C13H18OS/c14-12(7-6-9-3-2-8-15-9)13-10-4-1-5-11(10)13/h2-3,8,10-14H,1,4-7H2. The van der Waals surface area contributed by atoms with Crippen LogP contribution >= 0.6 is 11.3 Å². The van der Waals surface area contributed by atoms with E-state index in [1.165, 1.54) is 24.1 Å². The van der Waals surface area contributed by atoms with E-state index < -0.39 is 0 Å². The fraction of sp³-hybridized carbons (Fsp3) is 0.692. The largest absolute Gasteiger partial charge is 0.393 e. The van der Waals surface area contributed by atoms with Gasteiger partial charge in [0.25, 0.3) is 0 Å². The van der Waals surface area contributed by atoms with Crippen LogP contribution in [0.4, 0.5) is 0 Å². The van der Waals surface area contributed by atoms with Crippen molar-refractivity contribution in [3.63, 3.8) is 0 Å². The van der Waals surface area contributed by atoms with Gasteiger partial charge in [-0.15, -0.1) is 11.3 Å². The highest BCUT2D eigenvalue weighted by molar-refractivity contribution is 7.09. The highest BCUT2D eigenvalue weighted by Crippen LogP contribution is 2.59. The van der Waals surface area contributed by atoms with E-state index in [9.17, 15) is 5.11 Å². The number of thiophene rings is 1. The summed E-state index contributed by atoms with van der Waals surface area (Å²) in [6, 6.07) is 4.27. The van der Waals surface area contributed by atoms with Crippen molar-refractivity contribution in [3.05, 3.63) is 22.4 Å². The number of hydrogen-bond acceptors (Lipinski definition) is 2. The summed E-state index contributed by atoms with van der Waals surface area (Å²) in [7, 11) is 0. The maximum absolute atomic E-state index is 10.1. The summed E-state index contributed by atoms with van der Waals surface area (Å²) in [4.78, 5) is 1.42. The first-order chi connectivity index (χ1) is 7.36. The lowest BCUT2D eigenvalue weighted by Crippen LogP contribution is -2.13. The van der Waals surface area contributed by atoms with Crippen molar-refractivity contribution in [2.24, 2.45) is 17.8 Å². The number of hydrogen-bond donors (Lipinski definition) is 1. The lowest BCUT2D eigenvalue weighted by molar-refractivity contribution is 0.126. The average molecular weight is 222 g/mol. The normalized spacial score (nSPS) is 35.1. The summed E-state index contributed by atoms with van der Waals surface area (Å²) in [5, 5.41) is 12.2. The quantitative estimate of drug-likeness (QED) is 0.830. The molecular formula is C13H18OS. The van der Waals surface area contributed by atoms with Gasteiger partial charge in [-0.1, -0.05) is 12.5 Å². The highest BCUT2D eigenvalue weighted by atomic mass is 32.1. The van der Waals surface area contributed by atoms with E-state index in [1.807, 2.05) is 11.3 Å². The molecule has 0 bridgehead atoms. The van der Waals surface area contributed by atoms with E-state index >= 15 is 0 Å². The van der Waals surface area contributed by atoms with Gasteiger partial charge in [-0.3, -0.25) is 0 Å². The minimum Gasteiger partial charge on any atom is -0.393 e. The first kappa shape index (κ1) is 9.86. The fourth-order valence-corrected chi connectivity index (χ4v) is 4.11. The molecule has 1 nitrogen and oxygen atoms in total. The molecule has 3 unspecified atom stereocenters. The van der Waals surface area contributed by atoms with Crippen LogP contribution < -0.4 is 0 Å². The van der Waals surface area contributed by atoms with Crippen LogP contribution in [0.15, 0.2) is 17.5 Å². The number of aliphatic hydroxyl groups excluding tert-OH is 1. The molecule has 1 aromatic rings. The van der Waals surface area contributed by atoms with Crippen LogP contribution in [0.25, 0.3) is 0 Å². The van der Waals surface area contributed by atoms with Gasteiger partial charge in [-0.05, 0) is 54.9 Å². The maximum Gasteiger partial charge on any atom is 0.0577 e.